The Labute approximate surface area is 146 Å². The average Bonchev–Trinajstić information content (AvgIpc) is 3.45. The van der Waals surface area contributed by atoms with Crippen molar-refractivity contribution in [2.24, 2.45) is 0 Å². The summed E-state index contributed by atoms with van der Waals surface area (Å²) in [6.07, 6.45) is 2.31. The second-order valence-corrected chi connectivity index (χ2v) is 6.60. The number of urea groups is 1. The first kappa shape index (κ1) is 15.6. The Morgan fingerprint density at radius 3 is 2.80 bits per heavy atom. The molecule has 2 aromatic rings. The van der Waals surface area contributed by atoms with Crippen LogP contribution in [0.5, 0.6) is 0 Å². The largest absolute Gasteiger partial charge is 0.324 e. The van der Waals surface area contributed by atoms with E-state index in [1.165, 1.54) is 4.90 Å². The van der Waals surface area contributed by atoms with Gasteiger partial charge in [0.25, 0.3) is 0 Å². The van der Waals surface area contributed by atoms with E-state index >= 15 is 0 Å². The van der Waals surface area contributed by atoms with Crippen LogP contribution in [0.1, 0.15) is 36.9 Å². The molecule has 1 fully saturated rings. The molecule has 4 rings (SSSR count). The molecule has 1 atom stereocenters. The summed E-state index contributed by atoms with van der Waals surface area (Å²) in [5, 5.41) is 5.72. The van der Waals surface area contributed by atoms with Gasteiger partial charge in [-0.05, 0) is 43.5 Å². The lowest BCUT2D eigenvalue weighted by Crippen LogP contribution is -2.45. The maximum Gasteiger partial charge on any atom is 0.323 e. The van der Waals surface area contributed by atoms with Gasteiger partial charge in [-0.2, -0.15) is 0 Å². The van der Waals surface area contributed by atoms with Crippen LogP contribution in [-0.4, -0.2) is 27.9 Å². The van der Waals surface area contributed by atoms with Crippen LogP contribution in [0.2, 0.25) is 0 Å². The van der Waals surface area contributed by atoms with Crippen molar-refractivity contribution in [2.45, 2.75) is 38.3 Å². The van der Waals surface area contributed by atoms with Crippen LogP contribution in [0.25, 0.3) is 0 Å². The van der Waals surface area contributed by atoms with Gasteiger partial charge in [-0.15, -0.1) is 0 Å². The number of nitrogens with zero attached hydrogens (tertiary/aromatic N) is 2. The predicted molar refractivity (Wildman–Crippen MR) is 95.3 cm³/mol. The molecule has 2 heterocycles. The first-order chi connectivity index (χ1) is 12.1. The zero-order valence-electron chi connectivity index (χ0n) is 14.0. The summed E-state index contributed by atoms with van der Waals surface area (Å²) < 4.78 is 0. The van der Waals surface area contributed by atoms with Gasteiger partial charge < -0.3 is 10.2 Å². The Morgan fingerprint density at radius 2 is 2.00 bits per heavy atom. The topological polar surface area (TPSA) is 74.3 Å². The number of amides is 3. The van der Waals surface area contributed by atoms with E-state index in [0.29, 0.717) is 18.3 Å². The van der Waals surface area contributed by atoms with Gasteiger partial charge in [0.2, 0.25) is 5.91 Å². The highest BCUT2D eigenvalue weighted by Crippen LogP contribution is 2.39. The molecule has 25 heavy (non-hydrogen) atoms. The van der Waals surface area contributed by atoms with E-state index in [1.54, 1.807) is 13.0 Å². The van der Waals surface area contributed by atoms with Crippen LogP contribution in [0.3, 0.4) is 0 Å². The van der Waals surface area contributed by atoms with E-state index in [-0.39, 0.29) is 11.9 Å². The van der Waals surface area contributed by atoms with E-state index in [1.807, 2.05) is 36.4 Å². The molecule has 0 radical (unpaired) electrons. The van der Waals surface area contributed by atoms with Gasteiger partial charge in [0.15, 0.2) is 0 Å². The number of para-hydroxylation sites is 1. The number of fused-ring (bicyclic) bond motifs is 1. The minimum absolute atomic E-state index is 0.195. The lowest BCUT2D eigenvalue weighted by Gasteiger charge is -2.25. The third-order valence-electron chi connectivity index (χ3n) is 4.72. The summed E-state index contributed by atoms with van der Waals surface area (Å²) in [5.74, 6) is 0.853. The Hall–Kier alpha value is -2.89. The van der Waals surface area contributed by atoms with E-state index in [0.717, 1.165) is 29.8 Å². The molecule has 6 heteroatoms. The minimum atomic E-state index is -0.570. The van der Waals surface area contributed by atoms with Gasteiger partial charge in [0, 0.05) is 17.3 Å². The third-order valence-corrected chi connectivity index (χ3v) is 4.72. The average molecular weight is 336 g/mol. The fourth-order valence-corrected chi connectivity index (χ4v) is 3.04. The third kappa shape index (κ3) is 3.20. The fraction of sp³-hybridized carbons (Fsp3) is 0.316. The number of nitrogens with one attached hydrogen (secondary N) is 2. The molecule has 2 N–H and O–H groups in total. The summed E-state index contributed by atoms with van der Waals surface area (Å²) in [7, 11) is 0. The second kappa shape index (κ2) is 6.20. The highest BCUT2D eigenvalue weighted by Gasteiger charge is 2.30. The van der Waals surface area contributed by atoms with Gasteiger partial charge in [0.05, 0.1) is 6.54 Å². The SMILES string of the molecule is CC1C(=O)Nc2ccccc2CN1C(=O)Nc1cccc(C2CC2)n1. The van der Waals surface area contributed by atoms with Crippen LogP contribution in [0.4, 0.5) is 16.3 Å². The maximum absolute atomic E-state index is 12.8. The van der Waals surface area contributed by atoms with Gasteiger partial charge in [-0.1, -0.05) is 24.3 Å². The van der Waals surface area contributed by atoms with Crippen LogP contribution in [0.15, 0.2) is 42.5 Å². The molecule has 0 bridgehead atoms. The van der Waals surface area contributed by atoms with Gasteiger partial charge in [-0.25, -0.2) is 9.78 Å². The Balaban J connectivity index is 1.56. The molecule has 0 spiro atoms. The quantitative estimate of drug-likeness (QED) is 0.883. The highest BCUT2D eigenvalue weighted by molar-refractivity contribution is 6.00. The van der Waals surface area contributed by atoms with Crippen LogP contribution in [-0.2, 0) is 11.3 Å². The molecule has 1 aliphatic heterocycles. The highest BCUT2D eigenvalue weighted by atomic mass is 16.2. The minimum Gasteiger partial charge on any atom is -0.324 e. The molecule has 1 aromatic carbocycles. The number of carbonyl (C=O) groups excluding carboxylic acids is 2. The zero-order valence-corrected chi connectivity index (χ0v) is 14.0. The molecule has 1 aromatic heterocycles. The van der Waals surface area contributed by atoms with Gasteiger partial charge >= 0.3 is 6.03 Å². The lowest BCUT2D eigenvalue weighted by molar-refractivity contribution is -0.119. The van der Waals surface area contributed by atoms with Crippen molar-refractivity contribution in [1.29, 1.82) is 0 Å². The molecule has 1 aliphatic carbocycles. The van der Waals surface area contributed by atoms with Crippen molar-refractivity contribution in [3.05, 3.63) is 53.7 Å². The second-order valence-electron chi connectivity index (χ2n) is 6.60. The standard InChI is InChI=1S/C19H20N4O2/c1-12-18(24)21-16-6-3-2-5-14(16)11-23(12)19(25)22-17-8-4-7-15(20-17)13-9-10-13/h2-8,12-13H,9-11H2,1H3,(H,21,24)(H,20,22,25). The first-order valence-corrected chi connectivity index (χ1v) is 8.55. The first-order valence-electron chi connectivity index (χ1n) is 8.55. The summed E-state index contributed by atoms with van der Waals surface area (Å²) in [4.78, 5) is 31.2. The molecular weight excluding hydrogens is 316 g/mol. The summed E-state index contributed by atoms with van der Waals surface area (Å²) in [6.45, 7) is 2.10. The number of anilines is 2. The smallest absolute Gasteiger partial charge is 0.323 e. The fourth-order valence-electron chi connectivity index (χ4n) is 3.04. The van der Waals surface area contributed by atoms with Gasteiger partial charge in [-0.3, -0.25) is 10.1 Å². The van der Waals surface area contributed by atoms with E-state index in [2.05, 4.69) is 15.6 Å². The molecule has 1 unspecified atom stereocenters. The normalized spacial score (nSPS) is 19.6. The lowest BCUT2D eigenvalue weighted by atomic mass is 10.1. The molecule has 6 nitrogen and oxygen atoms in total. The number of aromatic nitrogens is 1. The van der Waals surface area contributed by atoms with Crippen molar-refractivity contribution >= 4 is 23.4 Å². The van der Waals surface area contributed by atoms with Crippen molar-refractivity contribution in [3.8, 4) is 0 Å². The number of hydrogen-bond acceptors (Lipinski definition) is 3. The van der Waals surface area contributed by atoms with Crippen LogP contribution in [0, 0.1) is 0 Å². The summed E-state index contributed by atoms with van der Waals surface area (Å²) in [5.41, 5.74) is 2.68. The van der Waals surface area contributed by atoms with Crippen molar-refractivity contribution in [2.75, 3.05) is 10.6 Å². The number of hydrogen-bond donors (Lipinski definition) is 2. The van der Waals surface area contributed by atoms with Crippen molar-refractivity contribution in [1.82, 2.24) is 9.88 Å². The summed E-state index contributed by atoms with van der Waals surface area (Å²) >= 11 is 0. The molecule has 3 amide bonds. The maximum atomic E-state index is 12.8. The van der Waals surface area contributed by atoms with E-state index < -0.39 is 6.04 Å². The van der Waals surface area contributed by atoms with E-state index in [9.17, 15) is 9.59 Å². The van der Waals surface area contributed by atoms with Crippen LogP contribution >= 0.6 is 0 Å². The predicted octanol–water partition coefficient (Wildman–Crippen LogP) is 3.33. The van der Waals surface area contributed by atoms with Crippen LogP contribution < -0.4 is 10.6 Å². The number of benzene rings is 1. The molecule has 2 aliphatic rings. The molecule has 1 saturated carbocycles. The molecule has 128 valence electrons. The Bertz CT molecular complexity index is 832. The zero-order chi connectivity index (χ0) is 17.4. The Morgan fingerprint density at radius 1 is 1.20 bits per heavy atom. The monoisotopic (exact) mass is 336 g/mol. The van der Waals surface area contributed by atoms with Gasteiger partial charge in [0.1, 0.15) is 11.9 Å². The van der Waals surface area contributed by atoms with Crippen molar-refractivity contribution < 1.29 is 9.59 Å². The van der Waals surface area contributed by atoms with Crippen molar-refractivity contribution in [3.63, 3.8) is 0 Å². The van der Waals surface area contributed by atoms with E-state index in [4.69, 9.17) is 0 Å². The number of carbonyl (C=O) groups is 2. The Kier molecular flexibility index (Phi) is 3.87. The molecular formula is C19H20N4O2. The summed E-state index contributed by atoms with van der Waals surface area (Å²) in [6, 6.07) is 12.3. The molecule has 0 saturated heterocycles. The number of rotatable bonds is 2. The number of pyridine rings is 1.